The van der Waals surface area contributed by atoms with E-state index in [1.807, 2.05) is 0 Å². The summed E-state index contributed by atoms with van der Waals surface area (Å²) in [6.45, 7) is 1.50. The van der Waals surface area contributed by atoms with Crippen LogP contribution < -0.4 is 21.9 Å². The topological polar surface area (TPSA) is 135 Å². The summed E-state index contributed by atoms with van der Waals surface area (Å²) in [7, 11) is 0. The van der Waals surface area contributed by atoms with Crippen molar-refractivity contribution < 1.29 is 9.59 Å². The number of Topliss-reactive ketones (excluding diaryl/α,β-unsaturated/α-hetero) is 1. The zero-order valence-electron chi connectivity index (χ0n) is 14.4. The highest BCUT2D eigenvalue weighted by molar-refractivity contribution is 5.95. The van der Waals surface area contributed by atoms with E-state index in [4.69, 9.17) is 5.73 Å². The van der Waals surface area contributed by atoms with Crippen LogP contribution in [0.3, 0.4) is 0 Å². The van der Waals surface area contributed by atoms with E-state index in [0.29, 0.717) is 22.6 Å². The van der Waals surface area contributed by atoms with Gasteiger partial charge in [0.2, 0.25) is 0 Å². The molecular formula is C18H17N7O2. The van der Waals surface area contributed by atoms with Gasteiger partial charge in [-0.15, -0.1) is 0 Å². The third kappa shape index (κ3) is 4.34. The fourth-order valence-electron chi connectivity index (χ4n) is 2.21. The summed E-state index contributed by atoms with van der Waals surface area (Å²) in [5.74, 6) is 0.237. The minimum atomic E-state index is -0.357. The number of benzene rings is 1. The summed E-state index contributed by atoms with van der Waals surface area (Å²) in [4.78, 5) is 35.4. The molecule has 0 aliphatic heterocycles. The Hall–Kier alpha value is -4.01. The lowest BCUT2D eigenvalue weighted by Crippen LogP contribution is -2.30. The molecule has 9 heteroatoms. The number of carbonyl (C=O) groups excluding carboxylic acids is 2. The van der Waals surface area contributed by atoms with Crippen molar-refractivity contribution in [1.29, 1.82) is 0 Å². The Morgan fingerprint density at radius 2 is 1.59 bits per heavy atom. The highest BCUT2D eigenvalue weighted by atomic mass is 16.2. The van der Waals surface area contributed by atoms with Crippen LogP contribution in [0.4, 0.5) is 23.0 Å². The van der Waals surface area contributed by atoms with Gasteiger partial charge in [-0.2, -0.15) is 0 Å². The number of hydrogen-bond donors (Lipinski definition) is 4. The number of nitrogen functional groups attached to an aromatic ring is 1. The van der Waals surface area contributed by atoms with Gasteiger partial charge in [0.25, 0.3) is 5.91 Å². The minimum absolute atomic E-state index is 0.0143. The number of carbonyl (C=O) groups is 2. The second-order valence-corrected chi connectivity index (χ2v) is 5.56. The zero-order valence-corrected chi connectivity index (χ0v) is 14.4. The van der Waals surface area contributed by atoms with Gasteiger partial charge in [-0.25, -0.2) is 9.97 Å². The smallest absolute Gasteiger partial charge is 0.269 e. The van der Waals surface area contributed by atoms with Crippen LogP contribution in [0.15, 0.2) is 55.1 Å². The van der Waals surface area contributed by atoms with Crippen LogP contribution in [0.25, 0.3) is 0 Å². The van der Waals surface area contributed by atoms with E-state index in [1.165, 1.54) is 25.6 Å². The monoisotopic (exact) mass is 363 g/mol. The van der Waals surface area contributed by atoms with Gasteiger partial charge in [-0.05, 0) is 43.3 Å². The van der Waals surface area contributed by atoms with E-state index in [9.17, 15) is 9.59 Å². The summed E-state index contributed by atoms with van der Waals surface area (Å²) >= 11 is 0. The summed E-state index contributed by atoms with van der Waals surface area (Å²) in [6.07, 6.45) is 4.35. The molecule has 2 heterocycles. The maximum Gasteiger partial charge on any atom is 0.269 e. The van der Waals surface area contributed by atoms with Crippen molar-refractivity contribution in [3.05, 3.63) is 66.2 Å². The lowest BCUT2D eigenvalue weighted by molar-refractivity contribution is 0.0961. The molecule has 0 spiro atoms. The van der Waals surface area contributed by atoms with Gasteiger partial charge < -0.3 is 11.1 Å². The number of hydrogen-bond acceptors (Lipinski definition) is 8. The van der Waals surface area contributed by atoms with Crippen LogP contribution >= 0.6 is 0 Å². The molecule has 5 N–H and O–H groups in total. The van der Waals surface area contributed by atoms with Crippen molar-refractivity contribution in [2.45, 2.75) is 6.92 Å². The van der Waals surface area contributed by atoms with Gasteiger partial charge in [0.1, 0.15) is 12.0 Å². The van der Waals surface area contributed by atoms with Crippen molar-refractivity contribution >= 4 is 34.7 Å². The predicted molar refractivity (Wildman–Crippen MR) is 101 cm³/mol. The summed E-state index contributed by atoms with van der Waals surface area (Å²) in [6, 6.07) is 10.1. The van der Waals surface area contributed by atoms with Crippen LogP contribution in [0, 0.1) is 0 Å². The number of amides is 1. The lowest BCUT2D eigenvalue weighted by Gasteiger charge is -2.13. The van der Waals surface area contributed by atoms with Crippen LogP contribution in [0.1, 0.15) is 27.6 Å². The molecular weight excluding hydrogens is 346 g/mol. The van der Waals surface area contributed by atoms with E-state index >= 15 is 0 Å². The first-order valence-electron chi connectivity index (χ1n) is 7.99. The molecule has 0 fully saturated rings. The van der Waals surface area contributed by atoms with Crippen molar-refractivity contribution in [3.8, 4) is 0 Å². The number of ketones is 1. The summed E-state index contributed by atoms with van der Waals surface area (Å²) in [5.41, 5.74) is 13.2. The Labute approximate surface area is 155 Å². The number of nitrogens with zero attached hydrogens (tertiary/aromatic N) is 3. The summed E-state index contributed by atoms with van der Waals surface area (Å²) < 4.78 is 0. The quantitative estimate of drug-likeness (QED) is 0.386. The molecule has 0 radical (unpaired) electrons. The van der Waals surface area contributed by atoms with Crippen molar-refractivity contribution in [3.63, 3.8) is 0 Å². The van der Waals surface area contributed by atoms with E-state index < -0.39 is 0 Å². The van der Waals surface area contributed by atoms with Crippen molar-refractivity contribution in [1.82, 2.24) is 20.4 Å². The molecule has 0 saturated heterocycles. The molecule has 9 nitrogen and oxygen atoms in total. The molecule has 0 unspecified atom stereocenters. The number of nitrogens with two attached hydrogens (primary N) is 1. The maximum atomic E-state index is 12.1. The molecule has 0 aliphatic rings. The van der Waals surface area contributed by atoms with Gasteiger partial charge in [0.05, 0.1) is 0 Å². The second-order valence-electron chi connectivity index (χ2n) is 5.56. The first-order valence-corrected chi connectivity index (χ1v) is 7.99. The average molecular weight is 363 g/mol. The van der Waals surface area contributed by atoms with Crippen LogP contribution in [-0.4, -0.2) is 26.6 Å². The van der Waals surface area contributed by atoms with Gasteiger partial charge in [0, 0.05) is 29.2 Å². The van der Waals surface area contributed by atoms with Gasteiger partial charge in [0.15, 0.2) is 17.4 Å². The van der Waals surface area contributed by atoms with Crippen molar-refractivity contribution in [2.24, 2.45) is 0 Å². The van der Waals surface area contributed by atoms with Gasteiger partial charge in [-0.3, -0.25) is 25.4 Å². The van der Waals surface area contributed by atoms with Crippen LogP contribution in [-0.2, 0) is 0 Å². The Morgan fingerprint density at radius 1 is 0.926 bits per heavy atom. The molecule has 1 amide bonds. The Balaban J connectivity index is 1.70. The zero-order chi connectivity index (χ0) is 19.2. The molecule has 0 aliphatic carbocycles. The Kier molecular flexibility index (Phi) is 5.22. The van der Waals surface area contributed by atoms with Crippen molar-refractivity contribution in [2.75, 3.05) is 16.5 Å². The average Bonchev–Trinajstić information content (AvgIpc) is 2.69. The molecule has 3 rings (SSSR count). The first kappa shape index (κ1) is 17.8. The number of hydrazine groups is 1. The highest BCUT2D eigenvalue weighted by Crippen LogP contribution is 2.25. The van der Waals surface area contributed by atoms with E-state index in [2.05, 4.69) is 31.1 Å². The molecule has 136 valence electrons. The lowest BCUT2D eigenvalue weighted by atomic mass is 10.1. The van der Waals surface area contributed by atoms with E-state index in [1.54, 1.807) is 36.4 Å². The third-order valence-electron chi connectivity index (χ3n) is 3.68. The molecule has 0 saturated carbocycles. The second kappa shape index (κ2) is 7.91. The third-order valence-corrected chi connectivity index (χ3v) is 3.68. The molecule has 0 atom stereocenters. The van der Waals surface area contributed by atoms with Crippen LogP contribution in [0.2, 0.25) is 0 Å². The Bertz CT molecular complexity index is 959. The largest absolute Gasteiger partial charge is 0.393 e. The van der Waals surface area contributed by atoms with Crippen LogP contribution in [0.5, 0.6) is 0 Å². The predicted octanol–water partition coefficient (Wildman–Crippen LogP) is 2.16. The molecule has 1 aromatic carbocycles. The Morgan fingerprint density at radius 3 is 2.26 bits per heavy atom. The number of rotatable bonds is 6. The first-order chi connectivity index (χ1) is 13.0. The SMILES string of the molecule is CC(=O)c1ccc(Nc2ncnc(NNC(=O)c3ccncc3)c2N)cc1. The molecule has 0 bridgehead atoms. The number of pyridine rings is 1. The highest BCUT2D eigenvalue weighted by Gasteiger charge is 2.10. The van der Waals surface area contributed by atoms with Gasteiger partial charge in [-0.1, -0.05) is 0 Å². The number of anilines is 4. The molecule has 2 aromatic heterocycles. The number of nitrogens with one attached hydrogen (secondary N) is 3. The van der Waals surface area contributed by atoms with Gasteiger partial charge >= 0.3 is 0 Å². The maximum absolute atomic E-state index is 12.1. The van der Waals surface area contributed by atoms with E-state index in [0.717, 1.165) is 0 Å². The normalized spacial score (nSPS) is 10.1. The fourth-order valence-corrected chi connectivity index (χ4v) is 2.21. The van der Waals surface area contributed by atoms with E-state index in [-0.39, 0.29) is 23.2 Å². The number of aromatic nitrogens is 3. The standard InChI is InChI=1S/C18H17N7O2/c1-11(26)12-2-4-14(5-3-12)23-16-15(19)17(22-10-21-16)24-25-18(27)13-6-8-20-9-7-13/h2-10H,19H2,1H3,(H,25,27)(H2,21,22,23,24). The minimum Gasteiger partial charge on any atom is -0.393 e. The molecule has 27 heavy (non-hydrogen) atoms. The molecule has 3 aromatic rings. The summed E-state index contributed by atoms with van der Waals surface area (Å²) in [5, 5.41) is 3.05. The fraction of sp³-hybridized carbons (Fsp3) is 0.0556.